The van der Waals surface area contributed by atoms with Crippen molar-refractivity contribution in [2.45, 2.75) is 5.41 Å². The zero-order valence-electron chi connectivity index (χ0n) is 18.0. The number of anilines is 2. The van der Waals surface area contributed by atoms with E-state index in [1.165, 1.54) is 33.4 Å². The van der Waals surface area contributed by atoms with Gasteiger partial charge in [-0.2, -0.15) is 0 Å². The maximum Gasteiger partial charge on any atom is 0.155 e. The summed E-state index contributed by atoms with van der Waals surface area (Å²) in [6, 6.07) is 42.8. The van der Waals surface area contributed by atoms with Gasteiger partial charge in [-0.1, -0.05) is 97.1 Å². The fourth-order valence-electron chi connectivity index (χ4n) is 5.65. The molecule has 0 bridgehead atoms. The fraction of sp³-hybridized carbons (Fsp3) is 0.0323. The van der Waals surface area contributed by atoms with Gasteiger partial charge in [-0.15, -0.1) is 0 Å². The van der Waals surface area contributed by atoms with Gasteiger partial charge in [-0.3, -0.25) is 0 Å². The number of hydrogen-bond donors (Lipinski definition) is 1. The molecule has 2 heteroatoms. The van der Waals surface area contributed by atoms with Gasteiger partial charge in [-0.25, -0.2) is 0 Å². The predicted molar refractivity (Wildman–Crippen MR) is 134 cm³/mol. The quantitative estimate of drug-likeness (QED) is 0.305. The lowest BCUT2D eigenvalue weighted by molar-refractivity contribution is 0.438. The van der Waals surface area contributed by atoms with Crippen molar-refractivity contribution in [3.05, 3.63) is 144 Å². The third-order valence-corrected chi connectivity index (χ3v) is 6.93. The Morgan fingerprint density at radius 2 is 1.06 bits per heavy atom. The van der Waals surface area contributed by atoms with Crippen molar-refractivity contribution in [2.24, 2.45) is 0 Å². The standard InChI is InChI=1S/C31H21NO/c1-2-11-21(12-3-1)32-28-19-10-18-27-30(28)33-29-20-9-8-17-26(29)31(27)24-15-6-4-13-22(24)23-14-5-7-16-25(23)31/h1-20,32H. The van der Waals surface area contributed by atoms with Crippen molar-refractivity contribution in [3.8, 4) is 22.6 Å². The molecule has 33 heavy (non-hydrogen) atoms. The van der Waals surface area contributed by atoms with E-state index in [4.69, 9.17) is 4.74 Å². The number of rotatable bonds is 2. The summed E-state index contributed by atoms with van der Waals surface area (Å²) < 4.78 is 6.64. The van der Waals surface area contributed by atoms with Crippen LogP contribution >= 0.6 is 0 Å². The summed E-state index contributed by atoms with van der Waals surface area (Å²) in [5.74, 6) is 1.78. The molecule has 2 aliphatic rings. The summed E-state index contributed by atoms with van der Waals surface area (Å²) in [6.07, 6.45) is 0. The third kappa shape index (κ3) is 2.43. The number of hydrogen-bond acceptors (Lipinski definition) is 2. The van der Waals surface area contributed by atoms with E-state index in [1.807, 2.05) is 18.2 Å². The predicted octanol–water partition coefficient (Wildman–Crippen LogP) is 7.90. The summed E-state index contributed by atoms with van der Waals surface area (Å²) in [7, 11) is 0. The van der Waals surface area contributed by atoms with Crippen molar-refractivity contribution in [1.29, 1.82) is 0 Å². The second kappa shape index (κ2) is 6.85. The van der Waals surface area contributed by atoms with E-state index in [9.17, 15) is 0 Å². The highest BCUT2D eigenvalue weighted by Gasteiger charge is 2.51. The first-order valence-electron chi connectivity index (χ1n) is 11.3. The molecule has 0 saturated heterocycles. The molecule has 0 radical (unpaired) electrons. The van der Waals surface area contributed by atoms with Gasteiger partial charge in [0.1, 0.15) is 5.75 Å². The van der Waals surface area contributed by atoms with Gasteiger partial charge < -0.3 is 10.1 Å². The summed E-state index contributed by atoms with van der Waals surface area (Å²) in [5.41, 5.74) is 9.12. The Morgan fingerprint density at radius 1 is 0.485 bits per heavy atom. The van der Waals surface area contributed by atoms with Crippen LogP contribution < -0.4 is 10.1 Å². The minimum atomic E-state index is -0.425. The molecule has 1 N–H and O–H groups in total. The lowest BCUT2D eigenvalue weighted by Crippen LogP contribution is -2.32. The third-order valence-electron chi connectivity index (χ3n) is 6.93. The van der Waals surface area contributed by atoms with Crippen LogP contribution in [-0.2, 0) is 5.41 Å². The van der Waals surface area contributed by atoms with Gasteiger partial charge in [0.2, 0.25) is 0 Å². The summed E-state index contributed by atoms with van der Waals surface area (Å²) >= 11 is 0. The first-order chi connectivity index (χ1) is 16.4. The SMILES string of the molecule is c1ccc(Nc2cccc3c2Oc2ccccc2C32c3ccccc3-c3ccccc32)cc1. The van der Waals surface area contributed by atoms with Crippen LogP contribution in [0.4, 0.5) is 11.4 Å². The number of benzene rings is 5. The Bertz CT molecular complexity index is 1470. The molecular formula is C31H21NO. The Kier molecular flexibility index (Phi) is 3.80. The number of para-hydroxylation sites is 3. The first-order valence-corrected chi connectivity index (χ1v) is 11.3. The van der Waals surface area contributed by atoms with Crippen molar-refractivity contribution in [1.82, 2.24) is 0 Å². The maximum atomic E-state index is 6.64. The molecule has 5 aromatic carbocycles. The molecule has 0 amide bonds. The van der Waals surface area contributed by atoms with Crippen LogP contribution in [0.15, 0.2) is 121 Å². The van der Waals surface area contributed by atoms with Crippen LogP contribution in [0.3, 0.4) is 0 Å². The molecule has 7 rings (SSSR count). The molecule has 2 nitrogen and oxygen atoms in total. The Labute approximate surface area is 193 Å². The van der Waals surface area contributed by atoms with E-state index in [2.05, 4.69) is 108 Å². The van der Waals surface area contributed by atoms with Gasteiger partial charge in [-0.05, 0) is 46.5 Å². The molecule has 0 aromatic heterocycles. The molecule has 0 saturated carbocycles. The topological polar surface area (TPSA) is 21.3 Å². The van der Waals surface area contributed by atoms with Crippen LogP contribution in [0.25, 0.3) is 11.1 Å². The van der Waals surface area contributed by atoms with Crippen LogP contribution in [0, 0.1) is 0 Å². The van der Waals surface area contributed by atoms with Crippen molar-refractivity contribution >= 4 is 11.4 Å². The van der Waals surface area contributed by atoms with Crippen LogP contribution in [-0.4, -0.2) is 0 Å². The molecule has 1 heterocycles. The van der Waals surface area contributed by atoms with Gasteiger partial charge in [0.05, 0.1) is 11.1 Å². The minimum absolute atomic E-state index is 0.425. The molecule has 1 spiro atoms. The first kappa shape index (κ1) is 18.3. The Balaban J connectivity index is 1.58. The van der Waals surface area contributed by atoms with E-state index < -0.39 is 5.41 Å². The van der Waals surface area contributed by atoms with E-state index in [0.717, 1.165) is 22.9 Å². The van der Waals surface area contributed by atoms with Crippen LogP contribution in [0.1, 0.15) is 22.3 Å². The largest absolute Gasteiger partial charge is 0.454 e. The lowest BCUT2D eigenvalue weighted by atomic mass is 9.66. The number of ether oxygens (including phenoxy) is 1. The number of fused-ring (bicyclic) bond motifs is 9. The summed E-state index contributed by atoms with van der Waals surface area (Å²) in [6.45, 7) is 0. The smallest absolute Gasteiger partial charge is 0.155 e. The van der Waals surface area contributed by atoms with Crippen molar-refractivity contribution in [3.63, 3.8) is 0 Å². The monoisotopic (exact) mass is 423 g/mol. The normalized spacial score (nSPS) is 13.9. The van der Waals surface area contributed by atoms with E-state index in [-0.39, 0.29) is 0 Å². The molecule has 0 atom stereocenters. The van der Waals surface area contributed by atoms with Crippen molar-refractivity contribution in [2.75, 3.05) is 5.32 Å². The van der Waals surface area contributed by atoms with Gasteiger partial charge in [0.25, 0.3) is 0 Å². The second-order valence-corrected chi connectivity index (χ2v) is 8.61. The molecule has 1 aliphatic carbocycles. The average molecular weight is 424 g/mol. The lowest BCUT2D eigenvalue weighted by Gasteiger charge is -2.40. The highest BCUT2D eigenvalue weighted by molar-refractivity contribution is 5.89. The Hall–Kier alpha value is -4.30. The molecular weight excluding hydrogens is 402 g/mol. The average Bonchev–Trinajstić information content (AvgIpc) is 3.17. The fourth-order valence-corrected chi connectivity index (χ4v) is 5.65. The zero-order valence-corrected chi connectivity index (χ0v) is 18.0. The second-order valence-electron chi connectivity index (χ2n) is 8.61. The molecule has 0 unspecified atom stereocenters. The van der Waals surface area contributed by atoms with Crippen molar-refractivity contribution < 1.29 is 4.74 Å². The van der Waals surface area contributed by atoms with Gasteiger partial charge >= 0.3 is 0 Å². The van der Waals surface area contributed by atoms with Gasteiger partial charge in [0, 0.05) is 16.8 Å². The number of nitrogens with one attached hydrogen (secondary N) is 1. The Morgan fingerprint density at radius 3 is 1.79 bits per heavy atom. The molecule has 5 aromatic rings. The minimum Gasteiger partial charge on any atom is -0.454 e. The van der Waals surface area contributed by atoms with E-state index in [0.29, 0.717) is 0 Å². The zero-order chi connectivity index (χ0) is 21.8. The molecule has 1 aliphatic heterocycles. The highest BCUT2D eigenvalue weighted by atomic mass is 16.5. The van der Waals surface area contributed by atoms with Gasteiger partial charge in [0.15, 0.2) is 5.75 Å². The molecule has 0 fully saturated rings. The summed E-state index contributed by atoms with van der Waals surface area (Å²) in [5, 5.41) is 3.59. The summed E-state index contributed by atoms with van der Waals surface area (Å²) in [4.78, 5) is 0. The van der Waals surface area contributed by atoms with Crippen LogP contribution in [0.5, 0.6) is 11.5 Å². The van der Waals surface area contributed by atoms with E-state index in [1.54, 1.807) is 0 Å². The van der Waals surface area contributed by atoms with Crippen LogP contribution in [0.2, 0.25) is 0 Å². The molecule has 156 valence electrons. The highest BCUT2D eigenvalue weighted by Crippen LogP contribution is 2.62. The maximum absolute atomic E-state index is 6.64. The van der Waals surface area contributed by atoms with E-state index >= 15 is 0 Å².